The highest BCUT2D eigenvalue weighted by atomic mass is 32.2. The minimum absolute atomic E-state index is 0.118. The lowest BCUT2D eigenvalue weighted by atomic mass is 10.1. The van der Waals surface area contributed by atoms with Crippen LogP contribution in [0.4, 0.5) is 5.69 Å². The van der Waals surface area contributed by atoms with E-state index < -0.39 is 10.1 Å². The molecule has 0 heterocycles. The third-order valence-corrected chi connectivity index (χ3v) is 3.58. The molecule has 0 spiro atoms. The van der Waals surface area contributed by atoms with Crippen LogP contribution in [-0.4, -0.2) is 20.0 Å². The molecular formula is C12H12N2O3S. The van der Waals surface area contributed by atoms with Crippen LogP contribution in [0.1, 0.15) is 5.56 Å². The molecule has 0 saturated carbocycles. The number of nitrogens with zero attached hydrogens (tertiary/aromatic N) is 2. The molecule has 0 unspecified atom stereocenters. The Balaban J connectivity index is 2.94. The summed E-state index contributed by atoms with van der Waals surface area (Å²) >= 11 is 0. The molecule has 6 heteroatoms. The van der Waals surface area contributed by atoms with Crippen LogP contribution in [0.25, 0.3) is 10.8 Å². The van der Waals surface area contributed by atoms with Gasteiger partial charge >= 0.3 is 0 Å². The van der Waals surface area contributed by atoms with E-state index in [4.69, 9.17) is 0 Å². The standard InChI is InChI=1S/C12H12N2O3S/c1-8-6-7-9-10(12(8)14-13-2)4-3-5-11(9)18(15,16)17/h3-7H,1-2H3,(H,15,16,17). The van der Waals surface area contributed by atoms with Crippen LogP contribution in [0.15, 0.2) is 45.5 Å². The summed E-state index contributed by atoms with van der Waals surface area (Å²) in [4.78, 5) is -0.118. The van der Waals surface area contributed by atoms with Gasteiger partial charge in [0, 0.05) is 17.8 Å². The normalized spacial score (nSPS) is 12.4. The van der Waals surface area contributed by atoms with Gasteiger partial charge in [0.2, 0.25) is 0 Å². The van der Waals surface area contributed by atoms with Crippen molar-refractivity contribution >= 4 is 26.6 Å². The third-order valence-electron chi connectivity index (χ3n) is 2.67. The molecule has 94 valence electrons. The monoisotopic (exact) mass is 264 g/mol. The summed E-state index contributed by atoms with van der Waals surface area (Å²) in [7, 11) is -2.70. The van der Waals surface area contributed by atoms with Gasteiger partial charge in [-0.1, -0.05) is 24.3 Å². The molecule has 0 aliphatic carbocycles. The predicted molar refractivity (Wildman–Crippen MR) is 68.9 cm³/mol. The zero-order chi connectivity index (χ0) is 13.3. The molecule has 2 aromatic carbocycles. The highest BCUT2D eigenvalue weighted by Crippen LogP contribution is 2.33. The first-order valence-electron chi connectivity index (χ1n) is 5.25. The van der Waals surface area contributed by atoms with Gasteiger partial charge in [0.25, 0.3) is 10.1 Å². The molecule has 0 fully saturated rings. The number of benzene rings is 2. The topological polar surface area (TPSA) is 79.1 Å². The van der Waals surface area contributed by atoms with E-state index in [0.717, 1.165) is 5.56 Å². The fourth-order valence-corrected chi connectivity index (χ4v) is 2.59. The van der Waals surface area contributed by atoms with E-state index in [1.807, 2.05) is 6.92 Å². The summed E-state index contributed by atoms with van der Waals surface area (Å²) in [6, 6.07) is 8.09. The summed E-state index contributed by atoms with van der Waals surface area (Å²) < 4.78 is 31.8. The summed E-state index contributed by atoms with van der Waals surface area (Å²) in [6.07, 6.45) is 0. The Hall–Kier alpha value is -1.79. The van der Waals surface area contributed by atoms with E-state index in [9.17, 15) is 13.0 Å². The Kier molecular flexibility index (Phi) is 3.14. The minimum Gasteiger partial charge on any atom is -0.282 e. The van der Waals surface area contributed by atoms with Crippen molar-refractivity contribution in [3.8, 4) is 0 Å². The molecular weight excluding hydrogens is 252 g/mol. The van der Waals surface area contributed by atoms with Gasteiger partial charge in [0.15, 0.2) is 0 Å². The number of rotatable bonds is 2. The molecule has 18 heavy (non-hydrogen) atoms. The molecule has 0 aliphatic rings. The Morgan fingerprint density at radius 2 is 1.83 bits per heavy atom. The van der Waals surface area contributed by atoms with Gasteiger partial charge in [-0.25, -0.2) is 0 Å². The largest absolute Gasteiger partial charge is 0.295 e. The SMILES string of the molecule is CN=Nc1c(C)ccc2c(S(=O)(=O)O)cccc12. The number of aryl methyl sites for hydroxylation is 1. The molecule has 0 aromatic heterocycles. The van der Waals surface area contributed by atoms with E-state index in [1.165, 1.54) is 6.07 Å². The van der Waals surface area contributed by atoms with Crippen molar-refractivity contribution < 1.29 is 13.0 Å². The lowest BCUT2D eigenvalue weighted by molar-refractivity contribution is 0.484. The van der Waals surface area contributed by atoms with Crippen LogP contribution >= 0.6 is 0 Å². The predicted octanol–water partition coefficient (Wildman–Crippen LogP) is 3.11. The molecule has 0 radical (unpaired) electrons. The molecule has 0 aliphatic heterocycles. The van der Waals surface area contributed by atoms with Gasteiger partial charge in [0.1, 0.15) is 4.90 Å². The first-order valence-corrected chi connectivity index (χ1v) is 6.69. The Labute approximate surface area is 105 Å². The fourth-order valence-electron chi connectivity index (χ4n) is 1.88. The molecule has 2 rings (SSSR count). The number of hydrogen-bond acceptors (Lipinski definition) is 4. The fraction of sp³-hybridized carbons (Fsp3) is 0.167. The van der Waals surface area contributed by atoms with Crippen molar-refractivity contribution in [1.82, 2.24) is 0 Å². The van der Waals surface area contributed by atoms with Crippen molar-refractivity contribution in [2.45, 2.75) is 11.8 Å². The molecule has 5 nitrogen and oxygen atoms in total. The van der Waals surface area contributed by atoms with Gasteiger partial charge in [0.05, 0.1) is 5.69 Å². The van der Waals surface area contributed by atoms with Crippen LogP contribution in [0.3, 0.4) is 0 Å². The van der Waals surface area contributed by atoms with E-state index in [2.05, 4.69) is 10.2 Å². The average molecular weight is 264 g/mol. The molecule has 0 amide bonds. The second-order valence-corrected chi connectivity index (χ2v) is 5.25. The second-order valence-electron chi connectivity index (χ2n) is 3.86. The second kappa shape index (κ2) is 4.47. The first kappa shape index (κ1) is 12.7. The molecule has 1 N–H and O–H groups in total. The maximum atomic E-state index is 11.3. The lowest BCUT2D eigenvalue weighted by Gasteiger charge is -2.07. The van der Waals surface area contributed by atoms with Crippen molar-refractivity contribution in [1.29, 1.82) is 0 Å². The summed E-state index contributed by atoms with van der Waals surface area (Å²) in [5.41, 5.74) is 1.50. The maximum absolute atomic E-state index is 11.3. The van der Waals surface area contributed by atoms with E-state index in [1.54, 1.807) is 31.3 Å². The minimum atomic E-state index is -4.25. The highest BCUT2D eigenvalue weighted by Gasteiger charge is 2.15. The smallest absolute Gasteiger partial charge is 0.282 e. The van der Waals surface area contributed by atoms with Crippen LogP contribution in [0.5, 0.6) is 0 Å². The zero-order valence-corrected chi connectivity index (χ0v) is 10.8. The van der Waals surface area contributed by atoms with Crippen LogP contribution in [0.2, 0.25) is 0 Å². The van der Waals surface area contributed by atoms with Gasteiger partial charge < -0.3 is 0 Å². The molecule has 0 saturated heterocycles. The molecule has 0 bridgehead atoms. The average Bonchev–Trinajstić information content (AvgIpc) is 2.31. The Bertz CT molecular complexity index is 736. The third kappa shape index (κ3) is 2.12. The molecule has 0 atom stereocenters. The number of hydrogen-bond donors (Lipinski definition) is 1. The summed E-state index contributed by atoms with van der Waals surface area (Å²) in [5.74, 6) is 0. The summed E-state index contributed by atoms with van der Waals surface area (Å²) in [5, 5.41) is 8.81. The van der Waals surface area contributed by atoms with Gasteiger partial charge in [-0.15, -0.1) is 0 Å². The van der Waals surface area contributed by atoms with Gasteiger partial charge in [-0.3, -0.25) is 4.55 Å². The van der Waals surface area contributed by atoms with Gasteiger partial charge in [-0.2, -0.15) is 18.6 Å². The van der Waals surface area contributed by atoms with E-state index >= 15 is 0 Å². The highest BCUT2D eigenvalue weighted by molar-refractivity contribution is 7.86. The van der Waals surface area contributed by atoms with E-state index in [-0.39, 0.29) is 4.90 Å². The van der Waals surface area contributed by atoms with Crippen LogP contribution in [-0.2, 0) is 10.1 Å². The number of azo groups is 1. The van der Waals surface area contributed by atoms with Crippen molar-refractivity contribution in [2.24, 2.45) is 10.2 Å². The van der Waals surface area contributed by atoms with Crippen molar-refractivity contribution in [3.63, 3.8) is 0 Å². The quantitative estimate of drug-likeness (QED) is 0.668. The number of fused-ring (bicyclic) bond motifs is 1. The van der Waals surface area contributed by atoms with Gasteiger partial charge in [-0.05, 0) is 18.6 Å². The first-order chi connectivity index (χ1) is 8.45. The van der Waals surface area contributed by atoms with Crippen LogP contribution in [0, 0.1) is 6.92 Å². The van der Waals surface area contributed by atoms with Crippen molar-refractivity contribution in [3.05, 3.63) is 35.9 Å². The Morgan fingerprint density at radius 3 is 2.44 bits per heavy atom. The Morgan fingerprint density at radius 1 is 1.11 bits per heavy atom. The van der Waals surface area contributed by atoms with E-state index in [0.29, 0.717) is 16.5 Å². The molecule has 2 aromatic rings. The summed E-state index contributed by atoms with van der Waals surface area (Å²) in [6.45, 7) is 1.86. The zero-order valence-electron chi connectivity index (χ0n) is 9.95. The lowest BCUT2D eigenvalue weighted by Crippen LogP contribution is -1.99. The van der Waals surface area contributed by atoms with Crippen molar-refractivity contribution in [2.75, 3.05) is 7.05 Å². The van der Waals surface area contributed by atoms with Crippen LogP contribution < -0.4 is 0 Å². The maximum Gasteiger partial charge on any atom is 0.295 e.